The van der Waals surface area contributed by atoms with Crippen LogP contribution in [0.5, 0.6) is 5.88 Å². The third-order valence-corrected chi connectivity index (χ3v) is 4.95. The lowest BCUT2D eigenvalue weighted by molar-refractivity contribution is 0.0710. The molecule has 0 aliphatic heterocycles. The van der Waals surface area contributed by atoms with Crippen LogP contribution in [0, 0.1) is 0 Å². The molecule has 1 amide bonds. The summed E-state index contributed by atoms with van der Waals surface area (Å²) in [6.45, 7) is 0.774. The van der Waals surface area contributed by atoms with Crippen LogP contribution >= 0.6 is 0 Å². The number of fused-ring (bicyclic) bond motifs is 1. The van der Waals surface area contributed by atoms with Crippen molar-refractivity contribution in [2.24, 2.45) is 7.05 Å². The quantitative estimate of drug-likeness (QED) is 0.671. The van der Waals surface area contributed by atoms with Gasteiger partial charge in [-0.25, -0.2) is 4.98 Å². The van der Waals surface area contributed by atoms with Crippen molar-refractivity contribution in [3.05, 3.63) is 65.0 Å². The molecule has 0 N–H and O–H groups in total. The van der Waals surface area contributed by atoms with Gasteiger partial charge in [-0.1, -0.05) is 0 Å². The summed E-state index contributed by atoms with van der Waals surface area (Å²) in [6.07, 6.45) is 6.41. The fraction of sp³-hybridized carbons (Fsp3) is 0.350. The van der Waals surface area contributed by atoms with Crippen molar-refractivity contribution < 1.29 is 13.9 Å². The molecule has 4 rings (SSSR count). The minimum absolute atomic E-state index is 0.159. The second-order valence-electron chi connectivity index (χ2n) is 6.65. The first kappa shape index (κ1) is 17.3. The molecule has 1 aliphatic carbocycles. The number of amides is 1. The fourth-order valence-electron chi connectivity index (χ4n) is 3.68. The highest BCUT2D eigenvalue weighted by molar-refractivity contribution is 5.96. The molecule has 0 bridgehead atoms. The Morgan fingerprint density at radius 3 is 2.96 bits per heavy atom. The summed E-state index contributed by atoms with van der Waals surface area (Å²) < 4.78 is 12.7. The first-order valence-corrected chi connectivity index (χ1v) is 9.01. The number of ether oxygens (including phenoxy) is 1. The second kappa shape index (κ2) is 7.26. The van der Waals surface area contributed by atoms with Crippen LogP contribution in [0.3, 0.4) is 0 Å². The van der Waals surface area contributed by atoms with Crippen molar-refractivity contribution in [3.8, 4) is 5.88 Å². The van der Waals surface area contributed by atoms with E-state index < -0.39 is 0 Å². The third kappa shape index (κ3) is 3.32. The van der Waals surface area contributed by atoms with E-state index in [1.165, 1.54) is 18.4 Å². The topological polar surface area (TPSA) is 73.4 Å². The Labute approximate surface area is 157 Å². The van der Waals surface area contributed by atoms with Gasteiger partial charge in [-0.15, -0.1) is 0 Å². The van der Waals surface area contributed by atoms with Gasteiger partial charge in [0, 0.05) is 18.9 Å². The average Bonchev–Trinajstić information content (AvgIpc) is 3.42. The predicted octanol–water partition coefficient (Wildman–Crippen LogP) is 2.75. The number of nitrogens with zero attached hydrogens (tertiary/aromatic N) is 4. The van der Waals surface area contributed by atoms with Gasteiger partial charge >= 0.3 is 0 Å². The van der Waals surface area contributed by atoms with E-state index in [1.807, 2.05) is 23.9 Å². The molecule has 140 valence electrons. The molecule has 3 aromatic rings. The summed E-state index contributed by atoms with van der Waals surface area (Å²) in [7, 11) is 3.48. The number of carbonyl (C=O) groups is 1. The van der Waals surface area contributed by atoms with Crippen LogP contribution in [0.25, 0.3) is 0 Å². The first-order valence-electron chi connectivity index (χ1n) is 9.01. The van der Waals surface area contributed by atoms with E-state index >= 15 is 0 Å². The summed E-state index contributed by atoms with van der Waals surface area (Å²) in [5, 5.41) is 4.67. The molecule has 3 aromatic heterocycles. The van der Waals surface area contributed by atoms with Crippen molar-refractivity contribution in [1.29, 1.82) is 0 Å². The standard InChI is InChI=1S/C20H22N4O3/c1-23-18-9-3-7-15(18)17(22-23)13-24(12-14-6-5-11-27-14)20(25)16-8-4-10-21-19(16)26-2/h4-6,8,10-11H,3,7,9,12-13H2,1-2H3. The normalized spacial score (nSPS) is 12.8. The van der Waals surface area contributed by atoms with Crippen LogP contribution in [0.4, 0.5) is 0 Å². The van der Waals surface area contributed by atoms with E-state index in [4.69, 9.17) is 9.15 Å². The lowest BCUT2D eigenvalue weighted by atomic mass is 10.1. The van der Waals surface area contributed by atoms with Gasteiger partial charge in [-0.2, -0.15) is 5.10 Å². The molecule has 1 aliphatic rings. The zero-order chi connectivity index (χ0) is 18.8. The maximum atomic E-state index is 13.3. The van der Waals surface area contributed by atoms with Crippen LogP contribution < -0.4 is 4.74 Å². The zero-order valence-corrected chi connectivity index (χ0v) is 15.5. The highest BCUT2D eigenvalue weighted by Crippen LogP contribution is 2.27. The summed E-state index contributed by atoms with van der Waals surface area (Å²) in [4.78, 5) is 19.2. The summed E-state index contributed by atoms with van der Waals surface area (Å²) >= 11 is 0. The molecule has 27 heavy (non-hydrogen) atoms. The molecule has 0 fully saturated rings. The van der Waals surface area contributed by atoms with Crippen molar-refractivity contribution in [1.82, 2.24) is 19.7 Å². The van der Waals surface area contributed by atoms with Gasteiger partial charge in [0.1, 0.15) is 11.3 Å². The number of hydrogen-bond donors (Lipinski definition) is 0. The largest absolute Gasteiger partial charge is 0.480 e. The van der Waals surface area contributed by atoms with Gasteiger partial charge < -0.3 is 14.1 Å². The maximum Gasteiger partial charge on any atom is 0.260 e. The van der Waals surface area contributed by atoms with Crippen molar-refractivity contribution in [2.75, 3.05) is 7.11 Å². The van der Waals surface area contributed by atoms with Crippen LogP contribution in [0.1, 0.15) is 39.5 Å². The number of furan rings is 1. The molecule has 7 nitrogen and oxygen atoms in total. The van der Waals surface area contributed by atoms with Gasteiger partial charge in [-0.3, -0.25) is 9.48 Å². The molecule has 0 atom stereocenters. The monoisotopic (exact) mass is 366 g/mol. The smallest absolute Gasteiger partial charge is 0.260 e. The van der Waals surface area contributed by atoms with E-state index in [0.717, 1.165) is 30.7 Å². The Hall–Kier alpha value is -3.09. The van der Waals surface area contributed by atoms with E-state index in [9.17, 15) is 4.79 Å². The summed E-state index contributed by atoms with van der Waals surface area (Å²) in [5.74, 6) is 0.880. The van der Waals surface area contributed by atoms with Crippen LogP contribution in [0.15, 0.2) is 41.1 Å². The molecular weight excluding hydrogens is 344 g/mol. The van der Waals surface area contributed by atoms with Crippen LogP contribution in [-0.4, -0.2) is 32.7 Å². The first-order chi connectivity index (χ1) is 13.2. The molecule has 0 radical (unpaired) electrons. The van der Waals surface area contributed by atoms with Crippen LogP contribution in [-0.2, 0) is 33.0 Å². The molecule has 0 saturated heterocycles. The molecule has 7 heteroatoms. The Kier molecular flexibility index (Phi) is 4.66. The third-order valence-electron chi connectivity index (χ3n) is 4.95. The number of aromatic nitrogens is 3. The van der Waals surface area contributed by atoms with Gasteiger partial charge in [0.2, 0.25) is 5.88 Å². The fourth-order valence-corrected chi connectivity index (χ4v) is 3.68. The van der Waals surface area contributed by atoms with Crippen LogP contribution in [0.2, 0.25) is 0 Å². The summed E-state index contributed by atoms with van der Waals surface area (Å²) in [6, 6.07) is 7.15. The minimum Gasteiger partial charge on any atom is -0.480 e. The van der Waals surface area contributed by atoms with Gasteiger partial charge in [0.25, 0.3) is 5.91 Å². The number of carbonyl (C=O) groups excluding carboxylic acids is 1. The van der Waals surface area contributed by atoms with Crippen molar-refractivity contribution in [3.63, 3.8) is 0 Å². The second-order valence-corrected chi connectivity index (χ2v) is 6.65. The van der Waals surface area contributed by atoms with E-state index in [2.05, 4.69) is 10.1 Å². The SMILES string of the molecule is COc1ncccc1C(=O)N(Cc1ccco1)Cc1nn(C)c2c1CCC2. The Balaban J connectivity index is 1.67. The molecule has 3 heterocycles. The number of pyridine rings is 1. The van der Waals surface area contributed by atoms with Gasteiger partial charge in [-0.05, 0) is 49.1 Å². The minimum atomic E-state index is -0.159. The van der Waals surface area contributed by atoms with E-state index in [0.29, 0.717) is 24.5 Å². The lowest BCUT2D eigenvalue weighted by Crippen LogP contribution is -2.31. The van der Waals surface area contributed by atoms with E-state index in [1.54, 1.807) is 29.5 Å². The molecular formula is C20H22N4O3. The number of hydrogen-bond acceptors (Lipinski definition) is 5. The number of aryl methyl sites for hydroxylation is 1. The zero-order valence-electron chi connectivity index (χ0n) is 15.5. The predicted molar refractivity (Wildman–Crippen MR) is 98.3 cm³/mol. The lowest BCUT2D eigenvalue weighted by Gasteiger charge is -2.22. The Morgan fingerprint density at radius 2 is 2.19 bits per heavy atom. The molecule has 0 unspecified atom stereocenters. The Bertz CT molecular complexity index is 946. The maximum absolute atomic E-state index is 13.3. The highest BCUT2D eigenvalue weighted by atomic mass is 16.5. The number of methoxy groups -OCH3 is 1. The van der Waals surface area contributed by atoms with Crippen molar-refractivity contribution >= 4 is 5.91 Å². The summed E-state index contributed by atoms with van der Waals surface area (Å²) in [5.41, 5.74) is 3.93. The highest BCUT2D eigenvalue weighted by Gasteiger charge is 2.26. The molecule has 0 saturated carbocycles. The number of rotatable bonds is 6. The van der Waals surface area contributed by atoms with Crippen molar-refractivity contribution in [2.45, 2.75) is 32.4 Å². The van der Waals surface area contributed by atoms with Gasteiger partial charge in [0.05, 0.1) is 32.2 Å². The average molecular weight is 366 g/mol. The molecule has 0 aromatic carbocycles. The Morgan fingerprint density at radius 1 is 1.30 bits per heavy atom. The van der Waals surface area contributed by atoms with E-state index in [-0.39, 0.29) is 5.91 Å². The van der Waals surface area contributed by atoms with Gasteiger partial charge in [0.15, 0.2) is 0 Å². The molecule has 0 spiro atoms.